The first kappa shape index (κ1) is 21.4. The molecule has 0 aliphatic heterocycles. The summed E-state index contributed by atoms with van der Waals surface area (Å²) in [5, 5.41) is 24.1. The number of carbonyl (C=O) groups excluding carboxylic acids is 3. The Labute approximate surface area is 139 Å². The van der Waals surface area contributed by atoms with Crippen LogP contribution in [0.2, 0.25) is 0 Å². The molecule has 0 saturated heterocycles. The van der Waals surface area contributed by atoms with Gasteiger partial charge in [0.05, 0.1) is 0 Å². The minimum absolute atomic E-state index is 0.0317. The van der Waals surface area contributed by atoms with E-state index in [1.807, 2.05) is 0 Å². The van der Waals surface area contributed by atoms with E-state index in [4.69, 9.17) is 10.2 Å². The predicted molar refractivity (Wildman–Crippen MR) is 81.9 cm³/mol. The Hall–Kier alpha value is -2.65. The fourth-order valence-electron chi connectivity index (χ4n) is 1.58. The van der Waals surface area contributed by atoms with Gasteiger partial charge in [-0.1, -0.05) is 0 Å². The first-order valence-corrected chi connectivity index (χ1v) is 7.39. The maximum absolute atomic E-state index is 11.9. The van der Waals surface area contributed by atoms with Crippen LogP contribution in [0.25, 0.3) is 0 Å². The van der Waals surface area contributed by atoms with Gasteiger partial charge in [0, 0.05) is 12.8 Å². The first-order chi connectivity index (χ1) is 11.0. The highest BCUT2D eigenvalue weighted by Crippen LogP contribution is 1.96. The average molecular weight is 345 g/mol. The Kier molecular flexibility index (Phi) is 9.06. The number of carboxylic acids is 2. The minimum Gasteiger partial charge on any atom is -0.481 e. The van der Waals surface area contributed by atoms with Crippen LogP contribution >= 0.6 is 0 Å². The standard InChI is InChI=1S/C14H23N3O7/c1-7(15-10(18)5-4-6-11(19)20)12(21)16-8(2)13(22)17-9(3)14(23)24/h7-9H,4-6H2,1-3H3,(H,15,18)(H,16,21)(H,17,22)(H,19,20)(H,23,24). The third-order valence-electron chi connectivity index (χ3n) is 3.05. The highest BCUT2D eigenvalue weighted by Gasteiger charge is 2.23. The van der Waals surface area contributed by atoms with Crippen molar-refractivity contribution in [3.63, 3.8) is 0 Å². The molecule has 0 saturated carbocycles. The molecular weight excluding hydrogens is 322 g/mol. The molecule has 0 aliphatic carbocycles. The van der Waals surface area contributed by atoms with Crippen LogP contribution in [-0.4, -0.2) is 58.0 Å². The minimum atomic E-state index is -1.20. The van der Waals surface area contributed by atoms with Crippen molar-refractivity contribution in [1.82, 2.24) is 16.0 Å². The largest absolute Gasteiger partial charge is 0.481 e. The molecule has 0 fully saturated rings. The number of nitrogens with one attached hydrogen (secondary N) is 3. The van der Waals surface area contributed by atoms with Gasteiger partial charge in [-0.2, -0.15) is 0 Å². The van der Waals surface area contributed by atoms with Crippen molar-refractivity contribution in [1.29, 1.82) is 0 Å². The lowest BCUT2D eigenvalue weighted by Crippen LogP contribution is -2.53. The number of carboxylic acid groups (broad SMARTS) is 2. The molecule has 0 aromatic heterocycles. The Morgan fingerprint density at radius 1 is 0.750 bits per heavy atom. The summed E-state index contributed by atoms with van der Waals surface area (Å²) in [4.78, 5) is 56.1. The molecule has 24 heavy (non-hydrogen) atoms. The van der Waals surface area contributed by atoms with Crippen molar-refractivity contribution >= 4 is 29.7 Å². The Bertz CT molecular complexity index is 507. The lowest BCUT2D eigenvalue weighted by molar-refractivity contribution is -0.141. The van der Waals surface area contributed by atoms with E-state index in [0.29, 0.717) is 0 Å². The molecule has 0 heterocycles. The molecule has 5 N–H and O–H groups in total. The fraction of sp³-hybridized carbons (Fsp3) is 0.643. The zero-order valence-corrected chi connectivity index (χ0v) is 13.8. The van der Waals surface area contributed by atoms with E-state index < -0.39 is 47.8 Å². The molecule has 136 valence electrons. The average Bonchev–Trinajstić information content (AvgIpc) is 2.46. The van der Waals surface area contributed by atoms with Gasteiger partial charge in [-0.25, -0.2) is 0 Å². The summed E-state index contributed by atoms with van der Waals surface area (Å²) >= 11 is 0. The Morgan fingerprint density at radius 3 is 1.67 bits per heavy atom. The molecule has 3 atom stereocenters. The molecule has 0 rings (SSSR count). The number of carbonyl (C=O) groups is 5. The normalized spacial score (nSPS) is 14.0. The lowest BCUT2D eigenvalue weighted by Gasteiger charge is -2.19. The quantitative estimate of drug-likeness (QED) is 0.333. The highest BCUT2D eigenvalue weighted by atomic mass is 16.4. The summed E-state index contributed by atoms with van der Waals surface area (Å²) in [5.41, 5.74) is 0. The second kappa shape index (κ2) is 10.2. The van der Waals surface area contributed by atoms with E-state index >= 15 is 0 Å². The van der Waals surface area contributed by atoms with Crippen LogP contribution in [0, 0.1) is 0 Å². The first-order valence-electron chi connectivity index (χ1n) is 7.39. The topological polar surface area (TPSA) is 162 Å². The molecule has 10 nitrogen and oxygen atoms in total. The summed E-state index contributed by atoms with van der Waals surface area (Å²) in [6, 6.07) is -3.00. The lowest BCUT2D eigenvalue weighted by atomic mass is 10.2. The van der Waals surface area contributed by atoms with E-state index in [9.17, 15) is 24.0 Å². The second-order valence-electron chi connectivity index (χ2n) is 5.34. The number of rotatable bonds is 10. The summed E-state index contributed by atoms with van der Waals surface area (Å²) in [6.07, 6.45) is -0.0234. The molecule has 0 radical (unpaired) electrons. The molecule has 3 unspecified atom stereocenters. The smallest absolute Gasteiger partial charge is 0.325 e. The maximum Gasteiger partial charge on any atom is 0.325 e. The SMILES string of the molecule is CC(NC(=O)C(C)NC(=O)C(C)NC(=O)CCCC(=O)O)C(=O)O. The number of hydrogen-bond donors (Lipinski definition) is 5. The summed E-state index contributed by atoms with van der Waals surface area (Å²) in [5.74, 6) is -3.98. The van der Waals surface area contributed by atoms with Gasteiger partial charge in [0.1, 0.15) is 18.1 Å². The van der Waals surface area contributed by atoms with Crippen LogP contribution in [0.15, 0.2) is 0 Å². The van der Waals surface area contributed by atoms with Gasteiger partial charge in [0.15, 0.2) is 0 Å². The van der Waals surface area contributed by atoms with Crippen LogP contribution in [0.5, 0.6) is 0 Å². The van der Waals surface area contributed by atoms with Crippen molar-refractivity contribution in [3.05, 3.63) is 0 Å². The van der Waals surface area contributed by atoms with Crippen LogP contribution in [0.4, 0.5) is 0 Å². The maximum atomic E-state index is 11.9. The fourth-order valence-corrected chi connectivity index (χ4v) is 1.58. The van der Waals surface area contributed by atoms with Gasteiger partial charge in [0.2, 0.25) is 17.7 Å². The summed E-state index contributed by atoms with van der Waals surface area (Å²) in [7, 11) is 0. The van der Waals surface area contributed by atoms with Crippen LogP contribution in [0.1, 0.15) is 40.0 Å². The molecule has 3 amide bonds. The van der Waals surface area contributed by atoms with E-state index in [1.54, 1.807) is 0 Å². The van der Waals surface area contributed by atoms with Crippen LogP contribution in [0.3, 0.4) is 0 Å². The Balaban J connectivity index is 4.29. The van der Waals surface area contributed by atoms with Gasteiger partial charge in [0.25, 0.3) is 0 Å². The zero-order chi connectivity index (χ0) is 18.9. The number of aliphatic carboxylic acids is 2. The van der Waals surface area contributed by atoms with Gasteiger partial charge in [-0.3, -0.25) is 24.0 Å². The van der Waals surface area contributed by atoms with Gasteiger partial charge >= 0.3 is 11.9 Å². The van der Waals surface area contributed by atoms with Crippen molar-refractivity contribution in [2.75, 3.05) is 0 Å². The van der Waals surface area contributed by atoms with E-state index in [0.717, 1.165) is 0 Å². The number of hydrogen-bond acceptors (Lipinski definition) is 5. The van der Waals surface area contributed by atoms with E-state index in [2.05, 4.69) is 16.0 Å². The van der Waals surface area contributed by atoms with Crippen molar-refractivity contribution < 1.29 is 34.2 Å². The third-order valence-corrected chi connectivity index (χ3v) is 3.05. The molecule has 0 aromatic rings. The van der Waals surface area contributed by atoms with Gasteiger partial charge < -0.3 is 26.2 Å². The molecule has 0 aromatic carbocycles. The Morgan fingerprint density at radius 2 is 1.21 bits per heavy atom. The predicted octanol–water partition coefficient (Wildman–Crippen LogP) is -1.16. The monoisotopic (exact) mass is 345 g/mol. The molecule has 0 spiro atoms. The van der Waals surface area contributed by atoms with Crippen LogP contribution < -0.4 is 16.0 Å². The van der Waals surface area contributed by atoms with Crippen molar-refractivity contribution in [2.45, 2.75) is 58.2 Å². The zero-order valence-electron chi connectivity index (χ0n) is 13.8. The summed E-state index contributed by atoms with van der Waals surface area (Å²) in [6.45, 7) is 4.08. The van der Waals surface area contributed by atoms with Crippen molar-refractivity contribution in [3.8, 4) is 0 Å². The van der Waals surface area contributed by atoms with E-state index in [1.165, 1.54) is 20.8 Å². The van der Waals surface area contributed by atoms with Crippen LogP contribution in [-0.2, 0) is 24.0 Å². The van der Waals surface area contributed by atoms with Gasteiger partial charge in [-0.15, -0.1) is 0 Å². The molecule has 0 aliphatic rings. The second-order valence-corrected chi connectivity index (χ2v) is 5.34. The molecule has 0 bridgehead atoms. The van der Waals surface area contributed by atoms with E-state index in [-0.39, 0.29) is 19.3 Å². The van der Waals surface area contributed by atoms with Crippen molar-refractivity contribution in [2.24, 2.45) is 0 Å². The molecule has 10 heteroatoms. The van der Waals surface area contributed by atoms with Gasteiger partial charge in [-0.05, 0) is 27.2 Å². The highest BCUT2D eigenvalue weighted by molar-refractivity contribution is 5.92. The molecular formula is C14H23N3O7. The number of amides is 3. The summed E-state index contributed by atoms with van der Waals surface area (Å²) < 4.78 is 0. The third kappa shape index (κ3) is 8.71.